The van der Waals surface area contributed by atoms with E-state index in [1.807, 2.05) is 6.92 Å². The topological polar surface area (TPSA) is 12.9 Å². The van der Waals surface area contributed by atoms with Crippen molar-refractivity contribution >= 4 is 11.3 Å². The second-order valence-corrected chi connectivity index (χ2v) is 3.56. The molecule has 0 bridgehead atoms. The van der Waals surface area contributed by atoms with Gasteiger partial charge in [-0.25, -0.2) is 4.98 Å². The number of rotatable bonds is 2. The van der Waals surface area contributed by atoms with E-state index in [-0.39, 0.29) is 0 Å². The van der Waals surface area contributed by atoms with Crippen LogP contribution >= 0.6 is 11.3 Å². The summed E-state index contributed by atoms with van der Waals surface area (Å²) in [6.45, 7) is 2.04. The summed E-state index contributed by atoms with van der Waals surface area (Å²) in [6.07, 6.45) is 4.77. The number of hydrogen-bond acceptors (Lipinski definition) is 2. The zero-order valence-corrected chi connectivity index (χ0v) is 6.82. The molecule has 1 nitrogen and oxygen atoms in total. The molecule has 10 heavy (non-hydrogen) atoms. The lowest BCUT2D eigenvalue weighted by Crippen LogP contribution is -1.79. The normalized spacial score (nSPS) is 17.7. The molecule has 0 saturated heterocycles. The van der Waals surface area contributed by atoms with Crippen LogP contribution in [0.1, 0.15) is 36.4 Å². The molecule has 0 spiro atoms. The van der Waals surface area contributed by atoms with Crippen LogP contribution < -0.4 is 0 Å². The standard InChI is InChI=1S/C8H10NS/c1-2-8-9-7(5-10-8)6-3-4-6/h2,5-6H,3-4H2,1H3. The lowest BCUT2D eigenvalue weighted by molar-refractivity contribution is 1.03. The third-order valence-electron chi connectivity index (χ3n) is 1.78. The Hall–Kier alpha value is -0.370. The van der Waals surface area contributed by atoms with Gasteiger partial charge in [-0.05, 0) is 12.8 Å². The summed E-state index contributed by atoms with van der Waals surface area (Å²) in [5.41, 5.74) is 1.32. The van der Waals surface area contributed by atoms with E-state index in [0.29, 0.717) is 0 Å². The molecule has 1 aliphatic rings. The van der Waals surface area contributed by atoms with Crippen LogP contribution in [0.25, 0.3) is 0 Å². The molecule has 1 heterocycles. The molecule has 1 aromatic heterocycles. The van der Waals surface area contributed by atoms with Gasteiger partial charge in [0.05, 0.1) is 10.7 Å². The molecule has 1 fully saturated rings. The molecule has 0 amide bonds. The summed E-state index contributed by atoms with van der Waals surface area (Å²) in [5, 5.41) is 3.36. The van der Waals surface area contributed by atoms with Gasteiger partial charge in [-0.1, -0.05) is 6.92 Å². The number of thiazole rings is 1. The fourth-order valence-electron chi connectivity index (χ4n) is 1.000. The van der Waals surface area contributed by atoms with Crippen LogP contribution in [0.5, 0.6) is 0 Å². The van der Waals surface area contributed by atoms with Gasteiger partial charge in [-0.3, -0.25) is 0 Å². The zero-order valence-electron chi connectivity index (χ0n) is 6.00. The van der Waals surface area contributed by atoms with Crippen molar-refractivity contribution in [2.75, 3.05) is 0 Å². The molecule has 53 valence electrons. The van der Waals surface area contributed by atoms with E-state index in [1.165, 1.54) is 23.5 Å². The van der Waals surface area contributed by atoms with Gasteiger partial charge in [-0.15, -0.1) is 11.3 Å². The lowest BCUT2D eigenvalue weighted by atomic mass is 10.3. The van der Waals surface area contributed by atoms with Gasteiger partial charge in [0.25, 0.3) is 0 Å². The summed E-state index contributed by atoms with van der Waals surface area (Å²) in [4.78, 5) is 4.45. The minimum absolute atomic E-state index is 0.810. The van der Waals surface area contributed by atoms with E-state index in [1.54, 1.807) is 11.3 Å². The first-order chi connectivity index (χ1) is 4.90. The largest absolute Gasteiger partial charge is 0.246 e. The van der Waals surface area contributed by atoms with Gasteiger partial charge in [-0.2, -0.15) is 0 Å². The van der Waals surface area contributed by atoms with Crippen molar-refractivity contribution in [3.8, 4) is 0 Å². The van der Waals surface area contributed by atoms with Crippen molar-refractivity contribution in [3.63, 3.8) is 0 Å². The van der Waals surface area contributed by atoms with Crippen molar-refractivity contribution in [2.45, 2.75) is 25.7 Å². The van der Waals surface area contributed by atoms with E-state index in [9.17, 15) is 0 Å². The third-order valence-corrected chi connectivity index (χ3v) is 2.71. The maximum atomic E-state index is 4.45. The Kier molecular flexibility index (Phi) is 1.49. The Bertz CT molecular complexity index is 225. The quantitative estimate of drug-likeness (QED) is 0.634. The maximum Gasteiger partial charge on any atom is 0.0963 e. The summed E-state index contributed by atoms with van der Waals surface area (Å²) < 4.78 is 0. The van der Waals surface area contributed by atoms with Crippen LogP contribution in [0.4, 0.5) is 0 Å². The van der Waals surface area contributed by atoms with Crippen molar-refractivity contribution in [1.82, 2.24) is 4.98 Å². The summed E-state index contributed by atoms with van der Waals surface area (Å²) in [6, 6.07) is 0. The highest BCUT2D eigenvalue weighted by Gasteiger charge is 2.25. The van der Waals surface area contributed by atoms with E-state index < -0.39 is 0 Å². The lowest BCUT2D eigenvalue weighted by Gasteiger charge is -1.85. The molecular formula is C8H10NS. The maximum absolute atomic E-state index is 4.45. The molecule has 1 aromatic rings. The molecule has 0 atom stereocenters. The first kappa shape index (κ1) is 6.35. The molecule has 1 radical (unpaired) electrons. The average molecular weight is 152 g/mol. The Morgan fingerprint density at radius 3 is 3.00 bits per heavy atom. The molecule has 0 N–H and O–H groups in total. The Balaban J connectivity index is 2.19. The molecule has 1 saturated carbocycles. The zero-order chi connectivity index (χ0) is 6.97. The van der Waals surface area contributed by atoms with E-state index in [4.69, 9.17) is 0 Å². The van der Waals surface area contributed by atoms with Crippen LogP contribution in [0.2, 0.25) is 0 Å². The van der Waals surface area contributed by atoms with Crippen LogP contribution in [-0.4, -0.2) is 4.98 Å². The Labute approximate surface area is 65.1 Å². The molecular weight excluding hydrogens is 142 g/mol. The second-order valence-electron chi connectivity index (χ2n) is 2.67. The van der Waals surface area contributed by atoms with Crippen molar-refractivity contribution in [3.05, 3.63) is 22.5 Å². The first-order valence-corrected chi connectivity index (χ1v) is 4.53. The number of aromatic nitrogens is 1. The monoisotopic (exact) mass is 152 g/mol. The van der Waals surface area contributed by atoms with E-state index >= 15 is 0 Å². The van der Waals surface area contributed by atoms with Crippen molar-refractivity contribution in [1.29, 1.82) is 0 Å². The van der Waals surface area contributed by atoms with Crippen molar-refractivity contribution in [2.24, 2.45) is 0 Å². The van der Waals surface area contributed by atoms with Crippen molar-refractivity contribution < 1.29 is 0 Å². The summed E-state index contributed by atoms with van der Waals surface area (Å²) >= 11 is 1.75. The number of hydrogen-bond donors (Lipinski definition) is 0. The minimum Gasteiger partial charge on any atom is -0.246 e. The molecule has 1 aliphatic carbocycles. The molecule has 2 heteroatoms. The first-order valence-electron chi connectivity index (χ1n) is 3.65. The van der Waals surface area contributed by atoms with Crippen LogP contribution in [0, 0.1) is 6.42 Å². The van der Waals surface area contributed by atoms with Gasteiger partial charge >= 0.3 is 0 Å². The molecule has 0 aliphatic heterocycles. The summed E-state index contributed by atoms with van der Waals surface area (Å²) in [5.74, 6) is 0.810. The van der Waals surface area contributed by atoms with Crippen LogP contribution in [0.15, 0.2) is 5.38 Å². The summed E-state index contributed by atoms with van der Waals surface area (Å²) in [7, 11) is 0. The third kappa shape index (κ3) is 1.08. The molecule has 2 rings (SSSR count). The van der Waals surface area contributed by atoms with E-state index in [2.05, 4.69) is 16.8 Å². The highest BCUT2D eigenvalue weighted by molar-refractivity contribution is 7.09. The van der Waals surface area contributed by atoms with Gasteiger partial charge < -0.3 is 0 Å². The van der Waals surface area contributed by atoms with Gasteiger partial charge in [0.15, 0.2) is 0 Å². The second kappa shape index (κ2) is 2.35. The fraction of sp³-hybridized carbons (Fsp3) is 0.500. The Morgan fingerprint density at radius 2 is 2.50 bits per heavy atom. The van der Waals surface area contributed by atoms with Gasteiger partial charge in [0.2, 0.25) is 0 Å². The molecule has 0 unspecified atom stereocenters. The predicted molar refractivity (Wildman–Crippen MR) is 43.2 cm³/mol. The van der Waals surface area contributed by atoms with Gasteiger partial charge in [0, 0.05) is 17.7 Å². The highest BCUT2D eigenvalue weighted by Crippen LogP contribution is 2.40. The highest BCUT2D eigenvalue weighted by atomic mass is 32.1. The predicted octanol–water partition coefficient (Wildman–Crippen LogP) is 2.59. The number of nitrogens with zero attached hydrogens (tertiary/aromatic N) is 1. The minimum atomic E-state index is 0.810. The van der Waals surface area contributed by atoms with Gasteiger partial charge in [0.1, 0.15) is 0 Å². The Morgan fingerprint density at radius 1 is 1.70 bits per heavy atom. The van der Waals surface area contributed by atoms with E-state index in [0.717, 1.165) is 5.92 Å². The smallest absolute Gasteiger partial charge is 0.0963 e. The van der Waals surface area contributed by atoms with Crippen LogP contribution in [-0.2, 0) is 0 Å². The SMILES string of the molecule is C[CH]c1nc(C2CC2)cs1. The van der Waals surface area contributed by atoms with Crippen LogP contribution in [0.3, 0.4) is 0 Å². The average Bonchev–Trinajstić information content (AvgIpc) is 2.70. The molecule has 0 aromatic carbocycles. The fourth-order valence-corrected chi connectivity index (χ4v) is 1.78.